The minimum atomic E-state index is -3.42. The Kier molecular flexibility index (Phi) is 4.93. The first-order valence-corrected chi connectivity index (χ1v) is 8.36. The predicted octanol–water partition coefficient (Wildman–Crippen LogP) is 1.90. The molecule has 0 spiro atoms. The minimum absolute atomic E-state index is 0.0337. The van der Waals surface area contributed by atoms with Crippen LogP contribution in [0.2, 0.25) is 0 Å². The summed E-state index contributed by atoms with van der Waals surface area (Å²) in [4.78, 5) is 3.91. The number of nitrogens with zero attached hydrogens (tertiary/aromatic N) is 2. The molecule has 0 bridgehead atoms. The van der Waals surface area contributed by atoms with Gasteiger partial charge < -0.3 is 5.73 Å². The van der Waals surface area contributed by atoms with Crippen molar-refractivity contribution in [1.29, 1.82) is 0 Å². The standard InChI is InChI=1S/C15H19N3O2S/c1-2-18(15-7-9-17-10-8-15)21(19,20)12-14-5-3-13(11-16)4-6-14/h3-10H,2,11-12,16H2,1H3. The Morgan fingerprint density at radius 1 is 1.05 bits per heavy atom. The molecule has 2 rings (SSSR count). The van der Waals surface area contributed by atoms with Crippen LogP contribution in [0.1, 0.15) is 18.1 Å². The van der Waals surface area contributed by atoms with E-state index in [0.717, 1.165) is 11.1 Å². The second-order valence-electron chi connectivity index (χ2n) is 4.65. The number of benzene rings is 1. The van der Waals surface area contributed by atoms with Crippen LogP contribution in [0.15, 0.2) is 48.8 Å². The van der Waals surface area contributed by atoms with Crippen LogP contribution in [0.25, 0.3) is 0 Å². The van der Waals surface area contributed by atoms with Crippen LogP contribution in [-0.4, -0.2) is 19.9 Å². The van der Waals surface area contributed by atoms with Crippen LogP contribution in [0.3, 0.4) is 0 Å². The van der Waals surface area contributed by atoms with Gasteiger partial charge in [-0.3, -0.25) is 9.29 Å². The number of anilines is 1. The Balaban J connectivity index is 2.23. The highest BCUT2D eigenvalue weighted by atomic mass is 32.2. The molecule has 0 saturated heterocycles. The molecule has 0 aliphatic heterocycles. The van der Waals surface area contributed by atoms with Crippen molar-refractivity contribution in [3.05, 3.63) is 59.9 Å². The second kappa shape index (κ2) is 6.69. The zero-order chi connectivity index (χ0) is 15.3. The number of rotatable bonds is 6. The summed E-state index contributed by atoms with van der Waals surface area (Å²) in [5.74, 6) is -0.0337. The predicted molar refractivity (Wildman–Crippen MR) is 84.2 cm³/mol. The Bertz CT molecular complexity index is 670. The van der Waals surface area contributed by atoms with E-state index in [-0.39, 0.29) is 5.75 Å². The summed E-state index contributed by atoms with van der Waals surface area (Å²) in [6.07, 6.45) is 3.17. The van der Waals surface area contributed by atoms with Crippen LogP contribution in [0.4, 0.5) is 5.69 Å². The number of pyridine rings is 1. The molecule has 1 aromatic carbocycles. The third-order valence-electron chi connectivity index (χ3n) is 3.18. The van der Waals surface area contributed by atoms with E-state index in [4.69, 9.17) is 5.73 Å². The molecular formula is C15H19N3O2S. The lowest BCUT2D eigenvalue weighted by molar-refractivity contribution is 0.591. The average molecular weight is 305 g/mol. The average Bonchev–Trinajstić information content (AvgIpc) is 2.49. The zero-order valence-corrected chi connectivity index (χ0v) is 12.8. The third kappa shape index (κ3) is 3.80. The van der Waals surface area contributed by atoms with E-state index in [2.05, 4.69) is 4.98 Å². The fourth-order valence-electron chi connectivity index (χ4n) is 2.11. The molecule has 2 N–H and O–H groups in total. The van der Waals surface area contributed by atoms with Crippen LogP contribution in [0.5, 0.6) is 0 Å². The highest BCUT2D eigenvalue weighted by molar-refractivity contribution is 7.92. The van der Waals surface area contributed by atoms with Gasteiger partial charge in [0.2, 0.25) is 10.0 Å². The number of hydrogen-bond acceptors (Lipinski definition) is 4. The van der Waals surface area contributed by atoms with Crippen LogP contribution < -0.4 is 10.0 Å². The van der Waals surface area contributed by atoms with Crippen molar-refractivity contribution in [3.63, 3.8) is 0 Å². The van der Waals surface area contributed by atoms with E-state index >= 15 is 0 Å². The van der Waals surface area contributed by atoms with Gasteiger partial charge in [-0.25, -0.2) is 8.42 Å². The fraction of sp³-hybridized carbons (Fsp3) is 0.267. The van der Waals surface area contributed by atoms with E-state index in [0.29, 0.717) is 18.8 Å². The molecule has 1 heterocycles. The van der Waals surface area contributed by atoms with Crippen molar-refractivity contribution in [2.45, 2.75) is 19.2 Å². The first kappa shape index (κ1) is 15.5. The van der Waals surface area contributed by atoms with Gasteiger partial charge in [-0.2, -0.15) is 0 Å². The maximum Gasteiger partial charge on any atom is 0.239 e. The molecule has 2 aromatic rings. The van der Waals surface area contributed by atoms with E-state index in [9.17, 15) is 8.42 Å². The lowest BCUT2D eigenvalue weighted by Crippen LogP contribution is -2.31. The maximum atomic E-state index is 12.6. The van der Waals surface area contributed by atoms with Crippen molar-refractivity contribution >= 4 is 15.7 Å². The van der Waals surface area contributed by atoms with Gasteiger partial charge in [-0.1, -0.05) is 24.3 Å². The highest BCUT2D eigenvalue weighted by Gasteiger charge is 2.21. The summed E-state index contributed by atoms with van der Waals surface area (Å²) in [5, 5.41) is 0. The SMILES string of the molecule is CCN(c1ccncc1)S(=O)(=O)Cc1ccc(CN)cc1. The number of sulfonamides is 1. The molecule has 0 atom stereocenters. The van der Waals surface area contributed by atoms with E-state index < -0.39 is 10.0 Å². The number of aromatic nitrogens is 1. The minimum Gasteiger partial charge on any atom is -0.326 e. The van der Waals surface area contributed by atoms with E-state index in [1.54, 1.807) is 36.7 Å². The molecule has 5 nitrogen and oxygen atoms in total. The molecule has 1 aromatic heterocycles. The van der Waals surface area contributed by atoms with Crippen molar-refractivity contribution in [3.8, 4) is 0 Å². The molecule has 0 saturated carbocycles. The Morgan fingerprint density at radius 2 is 1.62 bits per heavy atom. The van der Waals surface area contributed by atoms with Gasteiger partial charge >= 0.3 is 0 Å². The molecule has 0 unspecified atom stereocenters. The molecule has 6 heteroatoms. The first-order chi connectivity index (χ1) is 10.1. The van der Waals surface area contributed by atoms with Gasteiger partial charge in [0.15, 0.2) is 0 Å². The lowest BCUT2D eigenvalue weighted by Gasteiger charge is -2.22. The largest absolute Gasteiger partial charge is 0.326 e. The molecule has 0 aliphatic rings. The highest BCUT2D eigenvalue weighted by Crippen LogP contribution is 2.19. The number of hydrogen-bond donors (Lipinski definition) is 1. The molecule has 112 valence electrons. The fourth-order valence-corrected chi connectivity index (χ4v) is 3.72. The van der Waals surface area contributed by atoms with Crippen molar-refractivity contribution in [1.82, 2.24) is 4.98 Å². The van der Waals surface area contributed by atoms with Crippen LogP contribution >= 0.6 is 0 Å². The van der Waals surface area contributed by atoms with Crippen molar-refractivity contribution in [2.75, 3.05) is 10.8 Å². The zero-order valence-electron chi connectivity index (χ0n) is 11.9. The Morgan fingerprint density at radius 3 is 2.14 bits per heavy atom. The number of nitrogens with two attached hydrogens (primary N) is 1. The normalized spacial score (nSPS) is 11.3. The van der Waals surface area contributed by atoms with Crippen molar-refractivity contribution < 1.29 is 8.42 Å². The maximum absolute atomic E-state index is 12.6. The summed E-state index contributed by atoms with van der Waals surface area (Å²) in [6, 6.07) is 10.7. The first-order valence-electron chi connectivity index (χ1n) is 6.75. The molecule has 21 heavy (non-hydrogen) atoms. The summed E-state index contributed by atoms with van der Waals surface area (Å²) < 4.78 is 26.5. The van der Waals surface area contributed by atoms with Gasteiger partial charge in [0, 0.05) is 25.5 Å². The molecule has 0 radical (unpaired) electrons. The third-order valence-corrected chi connectivity index (χ3v) is 5.02. The topological polar surface area (TPSA) is 76.3 Å². The molecule has 0 aliphatic carbocycles. The smallest absolute Gasteiger partial charge is 0.239 e. The van der Waals surface area contributed by atoms with Crippen molar-refractivity contribution in [2.24, 2.45) is 5.73 Å². The molecular weight excluding hydrogens is 286 g/mol. The van der Waals surface area contributed by atoms with Gasteiger partial charge in [0.1, 0.15) is 0 Å². The second-order valence-corrected chi connectivity index (χ2v) is 6.54. The van der Waals surface area contributed by atoms with E-state index in [1.165, 1.54) is 4.31 Å². The summed E-state index contributed by atoms with van der Waals surface area (Å²) in [7, 11) is -3.42. The van der Waals surface area contributed by atoms with Gasteiger partial charge in [0.25, 0.3) is 0 Å². The van der Waals surface area contributed by atoms with E-state index in [1.807, 2.05) is 19.1 Å². The Labute approximate surface area is 125 Å². The quantitative estimate of drug-likeness (QED) is 0.884. The van der Waals surface area contributed by atoms with Gasteiger partial charge in [0.05, 0.1) is 11.4 Å². The molecule has 0 amide bonds. The summed E-state index contributed by atoms with van der Waals surface area (Å²) in [5.41, 5.74) is 7.90. The van der Waals surface area contributed by atoms with Crippen LogP contribution in [-0.2, 0) is 22.3 Å². The summed E-state index contributed by atoms with van der Waals surface area (Å²) in [6.45, 7) is 2.65. The summed E-state index contributed by atoms with van der Waals surface area (Å²) >= 11 is 0. The Hall–Kier alpha value is -1.92. The van der Waals surface area contributed by atoms with Crippen LogP contribution in [0, 0.1) is 0 Å². The lowest BCUT2D eigenvalue weighted by atomic mass is 10.1. The molecule has 0 fully saturated rings. The van der Waals surface area contributed by atoms with Gasteiger partial charge in [-0.05, 0) is 30.2 Å². The monoisotopic (exact) mass is 305 g/mol. The van der Waals surface area contributed by atoms with Gasteiger partial charge in [-0.15, -0.1) is 0 Å².